The number of carbonyl (C=O) groups is 3. The van der Waals surface area contributed by atoms with E-state index >= 15 is 0 Å². The van der Waals surface area contributed by atoms with Crippen molar-refractivity contribution in [3.63, 3.8) is 0 Å². The minimum absolute atomic E-state index is 0.0604. The van der Waals surface area contributed by atoms with Gasteiger partial charge in [0.25, 0.3) is 11.6 Å². The molecular formula is C24H24N6O5S. The van der Waals surface area contributed by atoms with Crippen LogP contribution in [0.4, 0.5) is 17.1 Å². The Balaban J connectivity index is 1.57. The number of nitrogens with zero attached hydrogens (tertiary/aromatic N) is 4. The van der Waals surface area contributed by atoms with Crippen molar-refractivity contribution in [3.8, 4) is 5.95 Å². The molecule has 0 saturated carbocycles. The van der Waals surface area contributed by atoms with Crippen LogP contribution in [0.3, 0.4) is 0 Å². The van der Waals surface area contributed by atoms with Crippen LogP contribution in [-0.2, 0) is 28.0 Å². The molecule has 4 rings (SSSR count). The van der Waals surface area contributed by atoms with Crippen LogP contribution in [0, 0.1) is 6.92 Å². The molecule has 1 aliphatic rings. The van der Waals surface area contributed by atoms with E-state index in [2.05, 4.69) is 15.9 Å². The summed E-state index contributed by atoms with van der Waals surface area (Å²) >= 11 is 5.62. The van der Waals surface area contributed by atoms with Crippen LogP contribution in [-0.4, -0.2) is 39.0 Å². The van der Waals surface area contributed by atoms with E-state index < -0.39 is 17.9 Å². The van der Waals surface area contributed by atoms with E-state index in [9.17, 15) is 19.5 Å². The lowest BCUT2D eigenvalue weighted by molar-refractivity contribution is -0.746. The summed E-state index contributed by atoms with van der Waals surface area (Å²) in [5.41, 5.74) is 2.85. The van der Waals surface area contributed by atoms with Gasteiger partial charge in [0.05, 0.1) is 17.4 Å². The first kappa shape index (κ1) is 24.8. The van der Waals surface area contributed by atoms with Crippen LogP contribution in [0.5, 0.6) is 5.95 Å². The van der Waals surface area contributed by atoms with E-state index in [4.69, 9.17) is 16.7 Å². The first-order valence-corrected chi connectivity index (χ1v) is 11.5. The highest BCUT2D eigenvalue weighted by atomic mass is 32.1. The van der Waals surface area contributed by atoms with Crippen LogP contribution in [0.1, 0.15) is 24.6 Å². The first-order chi connectivity index (χ1) is 17.1. The van der Waals surface area contributed by atoms with Gasteiger partial charge in [-0.25, -0.2) is 0 Å². The Morgan fingerprint density at radius 2 is 1.72 bits per heavy atom. The average molecular weight is 509 g/mol. The second-order valence-electron chi connectivity index (χ2n) is 8.38. The van der Waals surface area contributed by atoms with E-state index in [1.54, 1.807) is 43.4 Å². The van der Waals surface area contributed by atoms with Gasteiger partial charge in [-0.3, -0.25) is 19.3 Å². The summed E-state index contributed by atoms with van der Waals surface area (Å²) < 4.78 is 5.98. The highest BCUT2D eigenvalue weighted by Crippen LogP contribution is 2.29. The van der Waals surface area contributed by atoms with E-state index in [0.717, 1.165) is 5.56 Å². The van der Waals surface area contributed by atoms with Crippen molar-refractivity contribution >= 4 is 52.1 Å². The Kier molecular flexibility index (Phi) is 6.97. The topological polar surface area (TPSA) is 135 Å². The lowest BCUT2D eigenvalue weighted by atomic mass is 10.1. The smallest absolute Gasteiger partial charge is 0.256 e. The lowest BCUT2D eigenvalue weighted by Crippen LogP contribution is -2.42. The highest BCUT2D eigenvalue weighted by molar-refractivity contribution is 7.80. The van der Waals surface area contributed by atoms with Crippen molar-refractivity contribution in [2.24, 2.45) is 7.05 Å². The Morgan fingerprint density at radius 3 is 2.28 bits per heavy atom. The zero-order valence-corrected chi connectivity index (χ0v) is 20.7. The summed E-state index contributed by atoms with van der Waals surface area (Å²) in [7, 11) is 1.55. The number of carbonyl (C=O) groups excluding carboxylic acids is 3. The molecule has 1 unspecified atom stereocenters. The molecule has 11 nitrogen and oxygen atoms in total. The van der Waals surface area contributed by atoms with Crippen LogP contribution in [0.15, 0.2) is 53.1 Å². The Hall–Kier alpha value is -4.32. The van der Waals surface area contributed by atoms with Crippen molar-refractivity contribution in [3.05, 3.63) is 59.8 Å². The molecule has 2 heterocycles. The maximum absolute atomic E-state index is 13.5. The fraction of sp³-hybridized carbons (Fsp3) is 0.250. The Bertz CT molecular complexity index is 1300. The summed E-state index contributed by atoms with van der Waals surface area (Å²) in [6.07, 6.45) is -0.210. The van der Waals surface area contributed by atoms with E-state index in [-0.39, 0.29) is 35.6 Å². The number of hydrogen-bond acceptors (Lipinski definition) is 7. The molecule has 186 valence electrons. The van der Waals surface area contributed by atoms with E-state index in [0.29, 0.717) is 17.1 Å². The predicted octanol–water partition coefficient (Wildman–Crippen LogP) is 1.37. The van der Waals surface area contributed by atoms with E-state index in [1.807, 2.05) is 19.1 Å². The van der Waals surface area contributed by atoms with Gasteiger partial charge >= 0.3 is 0 Å². The minimum atomic E-state index is -0.952. The molecule has 36 heavy (non-hydrogen) atoms. The summed E-state index contributed by atoms with van der Waals surface area (Å²) in [6.45, 7) is 3.27. The fourth-order valence-corrected chi connectivity index (χ4v) is 4.22. The molecule has 1 fully saturated rings. The standard InChI is InChI=1S/C24H23N6O5S/c1-14-4-10-18(11-5-14)30-22(33)19(29(24(30)36)13-20-23(34)35-27-28(20)3)12-21(32)26-17-8-6-16(7-9-17)25-15(2)31/h4-11,19,34H,12-13H2,1-3H3/q-1/p+1. The van der Waals surface area contributed by atoms with Gasteiger partial charge in [-0.2, -0.15) is 0 Å². The van der Waals surface area contributed by atoms with Crippen molar-refractivity contribution < 1.29 is 28.7 Å². The Morgan fingerprint density at radius 1 is 1.11 bits per heavy atom. The highest BCUT2D eigenvalue weighted by Gasteiger charge is 2.45. The third-order valence-electron chi connectivity index (χ3n) is 5.67. The van der Waals surface area contributed by atoms with Gasteiger partial charge in [0, 0.05) is 18.3 Å². The van der Waals surface area contributed by atoms with Gasteiger partial charge < -0.3 is 25.2 Å². The molecule has 3 amide bonds. The quantitative estimate of drug-likeness (QED) is 0.361. The number of hydrogen-bond donors (Lipinski definition) is 2. The van der Waals surface area contributed by atoms with Crippen LogP contribution >= 0.6 is 12.2 Å². The van der Waals surface area contributed by atoms with Crippen LogP contribution < -0.4 is 25.3 Å². The number of thiocarbonyl (C=S) groups is 1. The molecule has 1 saturated heterocycles. The normalized spacial score (nSPS) is 15.4. The van der Waals surface area contributed by atoms with Gasteiger partial charge in [-0.15, -0.1) is 0 Å². The maximum Gasteiger partial charge on any atom is 0.256 e. The number of aromatic nitrogens is 2. The molecule has 3 aromatic rings. The molecule has 0 bridgehead atoms. The largest absolute Gasteiger partial charge is 0.539 e. The van der Waals surface area contributed by atoms with Crippen molar-refractivity contribution in [2.45, 2.75) is 32.9 Å². The molecule has 2 aromatic carbocycles. The second kappa shape index (κ2) is 10.1. The zero-order valence-electron chi connectivity index (χ0n) is 19.8. The number of anilines is 3. The minimum Gasteiger partial charge on any atom is -0.539 e. The van der Waals surface area contributed by atoms with Gasteiger partial charge in [-0.05, 0) is 55.5 Å². The molecule has 0 radical (unpaired) electrons. The predicted molar refractivity (Wildman–Crippen MR) is 132 cm³/mol. The number of nitrogens with one attached hydrogen (secondary N) is 2. The van der Waals surface area contributed by atoms with Crippen molar-refractivity contribution in [1.82, 2.24) is 10.2 Å². The average Bonchev–Trinajstić information content (AvgIpc) is 3.26. The molecule has 12 heteroatoms. The van der Waals surface area contributed by atoms with Gasteiger partial charge in [0.15, 0.2) is 18.1 Å². The van der Waals surface area contributed by atoms with Gasteiger partial charge in [0.2, 0.25) is 11.8 Å². The zero-order chi connectivity index (χ0) is 26.0. The molecule has 2 N–H and O–H groups in total. The first-order valence-electron chi connectivity index (χ1n) is 11.0. The summed E-state index contributed by atoms with van der Waals surface area (Å²) in [4.78, 5) is 40.5. The summed E-state index contributed by atoms with van der Waals surface area (Å²) in [5, 5.41) is 21.3. The van der Waals surface area contributed by atoms with Gasteiger partial charge in [0.1, 0.15) is 12.6 Å². The number of aryl methyl sites for hydroxylation is 2. The van der Waals surface area contributed by atoms with Gasteiger partial charge in [-0.1, -0.05) is 22.4 Å². The van der Waals surface area contributed by atoms with Crippen molar-refractivity contribution in [2.75, 3.05) is 15.5 Å². The maximum atomic E-state index is 13.5. The molecule has 0 spiro atoms. The lowest BCUT2D eigenvalue weighted by Gasteiger charge is -2.22. The Labute approximate surface area is 212 Å². The molecule has 1 aromatic heterocycles. The molecule has 0 aliphatic carbocycles. The summed E-state index contributed by atoms with van der Waals surface area (Å²) in [5.74, 6) is -1.66. The van der Waals surface area contributed by atoms with Crippen LogP contribution in [0.2, 0.25) is 0 Å². The summed E-state index contributed by atoms with van der Waals surface area (Å²) in [6, 6.07) is 12.9. The van der Waals surface area contributed by atoms with Crippen LogP contribution in [0.25, 0.3) is 0 Å². The molecule has 1 aliphatic heterocycles. The fourth-order valence-electron chi connectivity index (χ4n) is 3.83. The molecular weight excluding hydrogens is 484 g/mol. The monoisotopic (exact) mass is 508 g/mol. The SMILES string of the molecule is CC(=O)Nc1ccc(NC(=O)CC2C(=O)N(c3ccc(C)cc3)C(=S)N2Cc2c([O-])on[n+]2C)cc1. The number of benzene rings is 2. The van der Waals surface area contributed by atoms with E-state index in [1.165, 1.54) is 21.4 Å². The third kappa shape index (κ3) is 5.18. The second-order valence-corrected chi connectivity index (χ2v) is 8.74. The van der Waals surface area contributed by atoms with Crippen molar-refractivity contribution in [1.29, 1.82) is 0 Å². The number of rotatable bonds is 7. The molecule has 1 atom stereocenters. The third-order valence-corrected chi connectivity index (χ3v) is 6.09. The number of amides is 3.